The highest BCUT2D eigenvalue weighted by Gasteiger charge is 2.68. The van der Waals surface area contributed by atoms with Crippen molar-refractivity contribution in [2.45, 2.75) is 104 Å². The molecule has 3 aliphatic rings. The van der Waals surface area contributed by atoms with E-state index < -0.39 is 76.7 Å². The van der Waals surface area contributed by atoms with Gasteiger partial charge < -0.3 is 29.2 Å². The van der Waals surface area contributed by atoms with E-state index in [0.717, 1.165) is 5.56 Å². The first-order valence-corrected chi connectivity index (χ1v) is 15.2. The van der Waals surface area contributed by atoms with Crippen molar-refractivity contribution in [3.63, 3.8) is 0 Å². The molecule has 0 aromatic heterocycles. The van der Waals surface area contributed by atoms with E-state index in [9.17, 15) is 29.4 Å². The summed E-state index contributed by atoms with van der Waals surface area (Å²) in [5, 5.41) is 24.0. The maximum atomic E-state index is 13.1. The van der Waals surface area contributed by atoms with E-state index in [-0.39, 0.29) is 19.3 Å². The van der Waals surface area contributed by atoms with Gasteiger partial charge >= 0.3 is 23.9 Å². The fourth-order valence-corrected chi connectivity index (χ4v) is 7.80. The number of carbonyl (C=O) groups excluding carboxylic acids is 4. The average Bonchev–Trinajstić information content (AvgIpc) is 3.17. The van der Waals surface area contributed by atoms with Gasteiger partial charge in [-0.15, -0.1) is 0 Å². The number of benzene rings is 1. The van der Waals surface area contributed by atoms with Crippen LogP contribution >= 0.6 is 0 Å². The van der Waals surface area contributed by atoms with Crippen LogP contribution in [0.4, 0.5) is 0 Å². The number of hydrogen-bond donors (Lipinski definition) is 2. The van der Waals surface area contributed by atoms with Crippen LogP contribution < -0.4 is 0 Å². The van der Waals surface area contributed by atoms with Crippen molar-refractivity contribution in [2.75, 3.05) is 0 Å². The fraction of sp³-hybridized carbons (Fsp3) is 0.543. The average molecular weight is 625 g/mol. The van der Waals surface area contributed by atoms with Crippen molar-refractivity contribution in [1.29, 1.82) is 0 Å². The summed E-state index contributed by atoms with van der Waals surface area (Å²) >= 11 is 0. The second-order valence-electron chi connectivity index (χ2n) is 13.2. The number of carbonyl (C=O) groups is 4. The molecule has 0 heterocycles. The van der Waals surface area contributed by atoms with Gasteiger partial charge in [-0.1, -0.05) is 43.8 Å². The van der Waals surface area contributed by atoms with Gasteiger partial charge in [-0.3, -0.25) is 14.4 Å². The molecule has 244 valence electrons. The minimum absolute atomic E-state index is 0.00440. The molecule has 1 aromatic rings. The highest BCUT2D eigenvalue weighted by Crippen LogP contribution is 2.65. The maximum Gasteiger partial charge on any atom is 0.331 e. The molecule has 0 saturated heterocycles. The van der Waals surface area contributed by atoms with Gasteiger partial charge in [-0.25, -0.2) is 4.79 Å². The lowest BCUT2D eigenvalue weighted by molar-refractivity contribution is -0.197. The SMILES string of the molecule is C=C1C(OC(=O)/C=C/c2ccccc2)CC(OC(C)=O)[C@@]2(C)C(OC(C)=O)C(O)C3=C(C)C(OC(C)=O)C[C@]3(C(C)(C)O)C[C@H]12. The molecule has 4 rings (SSSR count). The van der Waals surface area contributed by atoms with Gasteiger partial charge in [0.05, 0.1) is 11.0 Å². The van der Waals surface area contributed by atoms with Crippen LogP contribution in [0.1, 0.15) is 73.3 Å². The Hall–Kier alpha value is -3.76. The van der Waals surface area contributed by atoms with Crippen molar-refractivity contribution in [1.82, 2.24) is 0 Å². The van der Waals surface area contributed by atoms with Crippen molar-refractivity contribution in [3.05, 3.63) is 65.3 Å². The molecule has 3 aliphatic carbocycles. The zero-order valence-corrected chi connectivity index (χ0v) is 27.0. The molecule has 45 heavy (non-hydrogen) atoms. The van der Waals surface area contributed by atoms with Crippen molar-refractivity contribution < 1.29 is 48.3 Å². The smallest absolute Gasteiger partial charge is 0.331 e. The van der Waals surface area contributed by atoms with Gasteiger partial charge in [-0.2, -0.15) is 0 Å². The lowest BCUT2D eigenvalue weighted by Gasteiger charge is -2.53. The summed E-state index contributed by atoms with van der Waals surface area (Å²) in [6.07, 6.45) is -2.16. The van der Waals surface area contributed by atoms with Crippen LogP contribution in [-0.4, -0.2) is 70.2 Å². The van der Waals surface area contributed by atoms with Crippen molar-refractivity contribution in [3.8, 4) is 0 Å². The van der Waals surface area contributed by atoms with Crippen LogP contribution in [0.3, 0.4) is 0 Å². The van der Waals surface area contributed by atoms with Crippen LogP contribution in [0.2, 0.25) is 0 Å². The van der Waals surface area contributed by atoms with Gasteiger partial charge in [-0.05, 0) is 61.5 Å². The number of hydrogen-bond acceptors (Lipinski definition) is 10. The first kappa shape index (κ1) is 34.1. The molecule has 0 aliphatic heterocycles. The van der Waals surface area contributed by atoms with Crippen LogP contribution in [0.5, 0.6) is 0 Å². The predicted molar refractivity (Wildman–Crippen MR) is 164 cm³/mol. The van der Waals surface area contributed by atoms with Gasteiger partial charge in [0, 0.05) is 45.1 Å². The van der Waals surface area contributed by atoms with Crippen LogP contribution in [0.15, 0.2) is 59.7 Å². The van der Waals surface area contributed by atoms with Crippen molar-refractivity contribution in [2.24, 2.45) is 16.7 Å². The summed E-state index contributed by atoms with van der Waals surface area (Å²) in [5.74, 6) is -3.15. The van der Waals surface area contributed by atoms with E-state index in [1.54, 1.807) is 33.8 Å². The molecule has 2 saturated carbocycles. The summed E-state index contributed by atoms with van der Waals surface area (Å²) in [6, 6.07) is 9.23. The number of esters is 4. The van der Waals surface area contributed by atoms with E-state index in [1.807, 2.05) is 30.3 Å². The van der Waals surface area contributed by atoms with E-state index in [2.05, 4.69) is 6.58 Å². The molecule has 8 atom stereocenters. The first-order valence-electron chi connectivity index (χ1n) is 15.2. The quantitative estimate of drug-likeness (QED) is 0.196. The summed E-state index contributed by atoms with van der Waals surface area (Å²) in [5.41, 5.74) is -1.73. The molecule has 10 heteroatoms. The van der Waals surface area contributed by atoms with Gasteiger partial charge in [0.1, 0.15) is 30.5 Å². The zero-order chi connectivity index (χ0) is 33.5. The highest BCUT2D eigenvalue weighted by atomic mass is 16.6. The summed E-state index contributed by atoms with van der Waals surface area (Å²) in [6.45, 7) is 14.8. The normalized spacial score (nSPS) is 33.1. The third kappa shape index (κ3) is 6.35. The molecule has 5 unspecified atom stereocenters. The number of fused-ring (bicyclic) bond motifs is 2. The van der Waals surface area contributed by atoms with E-state index in [0.29, 0.717) is 16.7 Å². The van der Waals surface area contributed by atoms with Crippen LogP contribution in [0, 0.1) is 16.7 Å². The zero-order valence-electron chi connectivity index (χ0n) is 27.0. The molecule has 2 N–H and O–H groups in total. The third-order valence-electron chi connectivity index (χ3n) is 9.99. The maximum absolute atomic E-state index is 13.1. The molecule has 0 bridgehead atoms. The lowest BCUT2D eigenvalue weighted by atomic mass is 9.56. The largest absolute Gasteiger partial charge is 0.462 e. The Morgan fingerprint density at radius 3 is 2.09 bits per heavy atom. The second kappa shape index (κ2) is 12.6. The number of rotatable bonds is 7. The molecule has 2 fully saturated rings. The molecule has 0 spiro atoms. The predicted octanol–water partition coefficient (Wildman–Crippen LogP) is 4.23. The molecule has 10 nitrogen and oxygen atoms in total. The van der Waals surface area contributed by atoms with Gasteiger partial charge in [0.2, 0.25) is 0 Å². The standard InChI is InChI=1S/C35H44O10/c1-19-25-17-35(33(6,7)41)18-27(42-21(3)36)20(2)30(35)31(40)32(44-23(5)38)34(25,8)28(43-22(4)37)16-26(19)45-29(39)15-14-24-12-10-9-11-13-24/h9-15,25-28,31-32,40-41H,1,16-18H2,2-8H3/b15-14+/t25-,26?,27?,28?,31?,32?,34+,35-/m1/s1. The van der Waals surface area contributed by atoms with Crippen molar-refractivity contribution >= 4 is 30.0 Å². The monoisotopic (exact) mass is 624 g/mol. The number of aliphatic hydroxyl groups excluding tert-OH is 1. The van der Waals surface area contributed by atoms with E-state index >= 15 is 0 Å². The minimum atomic E-state index is -1.48. The Morgan fingerprint density at radius 2 is 1.53 bits per heavy atom. The molecular weight excluding hydrogens is 580 g/mol. The number of ether oxygens (including phenoxy) is 4. The summed E-state index contributed by atoms with van der Waals surface area (Å²) in [4.78, 5) is 50.2. The molecule has 0 amide bonds. The topological polar surface area (TPSA) is 146 Å². The Labute approximate surface area is 264 Å². The minimum Gasteiger partial charge on any atom is -0.462 e. The van der Waals surface area contributed by atoms with Crippen LogP contribution in [-0.2, 0) is 38.1 Å². The summed E-state index contributed by atoms with van der Waals surface area (Å²) in [7, 11) is 0. The van der Waals surface area contributed by atoms with E-state index in [1.165, 1.54) is 26.8 Å². The molecule has 0 radical (unpaired) electrons. The first-order chi connectivity index (χ1) is 20.9. The van der Waals surface area contributed by atoms with Gasteiger partial charge in [0.15, 0.2) is 0 Å². The van der Waals surface area contributed by atoms with Gasteiger partial charge in [0.25, 0.3) is 0 Å². The van der Waals surface area contributed by atoms with E-state index in [4.69, 9.17) is 18.9 Å². The highest BCUT2D eigenvalue weighted by molar-refractivity contribution is 5.87. The lowest BCUT2D eigenvalue weighted by Crippen LogP contribution is -2.59. The molecular formula is C35H44O10. The van der Waals surface area contributed by atoms with Crippen LogP contribution in [0.25, 0.3) is 6.08 Å². The Bertz CT molecular complexity index is 1420. The third-order valence-corrected chi connectivity index (χ3v) is 9.99. The number of aliphatic hydroxyl groups is 2. The Kier molecular flexibility index (Phi) is 9.52. The fourth-order valence-electron chi connectivity index (χ4n) is 7.80. The second-order valence-corrected chi connectivity index (χ2v) is 13.2. The Balaban J connectivity index is 1.86. The molecule has 1 aromatic carbocycles. The Morgan fingerprint density at radius 1 is 0.933 bits per heavy atom. The summed E-state index contributed by atoms with van der Waals surface area (Å²) < 4.78 is 23.3.